The summed E-state index contributed by atoms with van der Waals surface area (Å²) in [6.45, 7) is 1.89. The Bertz CT molecular complexity index is 748. The maximum Gasteiger partial charge on any atom is 0.237 e. The summed E-state index contributed by atoms with van der Waals surface area (Å²) in [6, 6.07) is 5.64. The van der Waals surface area contributed by atoms with Crippen molar-refractivity contribution in [3.63, 3.8) is 0 Å². The fraction of sp³-hybridized carbons (Fsp3) is 0.636. The van der Waals surface area contributed by atoms with Crippen molar-refractivity contribution >= 4 is 11.8 Å². The number of hydrogen-bond acceptors (Lipinski definition) is 5. The van der Waals surface area contributed by atoms with Crippen molar-refractivity contribution in [1.29, 1.82) is 0 Å². The SMILES string of the molecule is COc1ccc(CN2CCNC(=O)[C@@H]2CC(=O)NC(C2CC2)C2CC2)cc1OC. The molecule has 29 heavy (non-hydrogen) atoms. The number of rotatable bonds is 9. The zero-order valence-corrected chi connectivity index (χ0v) is 17.3. The van der Waals surface area contributed by atoms with Crippen molar-refractivity contribution in [3.8, 4) is 11.5 Å². The number of nitrogens with one attached hydrogen (secondary N) is 2. The van der Waals surface area contributed by atoms with Crippen LogP contribution in [-0.4, -0.2) is 56.1 Å². The summed E-state index contributed by atoms with van der Waals surface area (Å²) < 4.78 is 10.7. The largest absolute Gasteiger partial charge is 0.493 e. The number of nitrogens with zero attached hydrogens (tertiary/aromatic N) is 1. The van der Waals surface area contributed by atoms with E-state index in [1.54, 1.807) is 14.2 Å². The fourth-order valence-electron chi connectivity index (χ4n) is 4.34. The molecule has 4 rings (SSSR count). The van der Waals surface area contributed by atoms with Crippen molar-refractivity contribution in [2.75, 3.05) is 27.3 Å². The molecule has 2 N–H and O–H groups in total. The zero-order chi connectivity index (χ0) is 20.4. The number of amides is 2. The number of ether oxygens (including phenoxy) is 2. The van der Waals surface area contributed by atoms with Gasteiger partial charge in [0.2, 0.25) is 11.8 Å². The second kappa shape index (κ2) is 8.61. The monoisotopic (exact) mass is 401 g/mol. The molecular weight excluding hydrogens is 370 g/mol. The number of piperazine rings is 1. The molecule has 1 aromatic rings. The number of hydrogen-bond donors (Lipinski definition) is 2. The topological polar surface area (TPSA) is 79.9 Å². The molecule has 0 bridgehead atoms. The molecular formula is C22H31N3O4. The molecule has 0 unspecified atom stereocenters. The summed E-state index contributed by atoms with van der Waals surface area (Å²) in [7, 11) is 3.22. The van der Waals surface area contributed by atoms with E-state index in [9.17, 15) is 9.59 Å². The van der Waals surface area contributed by atoms with E-state index >= 15 is 0 Å². The summed E-state index contributed by atoms with van der Waals surface area (Å²) in [6.07, 6.45) is 5.08. The van der Waals surface area contributed by atoms with Crippen molar-refractivity contribution < 1.29 is 19.1 Å². The first-order valence-electron chi connectivity index (χ1n) is 10.6. The molecule has 7 heteroatoms. The van der Waals surface area contributed by atoms with Gasteiger partial charge in [0.15, 0.2) is 11.5 Å². The predicted molar refractivity (Wildman–Crippen MR) is 109 cm³/mol. The Balaban J connectivity index is 1.41. The Kier molecular flexibility index (Phi) is 5.94. The third-order valence-corrected chi connectivity index (χ3v) is 6.24. The highest BCUT2D eigenvalue weighted by atomic mass is 16.5. The van der Waals surface area contributed by atoms with E-state index in [4.69, 9.17) is 9.47 Å². The lowest BCUT2D eigenvalue weighted by atomic mass is 10.0. The Labute approximate surface area is 172 Å². The summed E-state index contributed by atoms with van der Waals surface area (Å²) in [5.74, 6) is 2.56. The van der Waals surface area contributed by atoms with Crippen molar-refractivity contribution in [1.82, 2.24) is 15.5 Å². The molecule has 3 fully saturated rings. The van der Waals surface area contributed by atoms with Gasteiger partial charge in [-0.15, -0.1) is 0 Å². The maximum atomic E-state index is 12.8. The van der Waals surface area contributed by atoms with E-state index in [-0.39, 0.29) is 18.2 Å². The molecule has 2 saturated carbocycles. The van der Waals surface area contributed by atoms with Crippen molar-refractivity contribution in [3.05, 3.63) is 23.8 Å². The van der Waals surface area contributed by atoms with Crippen LogP contribution in [0.1, 0.15) is 37.7 Å². The summed E-state index contributed by atoms with van der Waals surface area (Å²) in [4.78, 5) is 27.4. The molecule has 1 saturated heterocycles. The molecule has 158 valence electrons. The summed E-state index contributed by atoms with van der Waals surface area (Å²) in [5.41, 5.74) is 1.02. The van der Waals surface area contributed by atoms with Crippen LogP contribution in [0, 0.1) is 11.8 Å². The van der Waals surface area contributed by atoms with Crippen molar-refractivity contribution in [2.45, 2.75) is 50.7 Å². The first-order chi connectivity index (χ1) is 14.1. The van der Waals surface area contributed by atoms with E-state index in [0.717, 1.165) is 5.56 Å². The lowest BCUT2D eigenvalue weighted by molar-refractivity contribution is -0.134. The van der Waals surface area contributed by atoms with E-state index in [0.29, 0.717) is 49.0 Å². The van der Waals surface area contributed by atoms with Crippen LogP contribution in [0.2, 0.25) is 0 Å². The molecule has 0 spiro atoms. The van der Waals surface area contributed by atoms with E-state index in [1.165, 1.54) is 25.7 Å². The van der Waals surface area contributed by atoms with Gasteiger partial charge < -0.3 is 20.1 Å². The highest BCUT2D eigenvalue weighted by molar-refractivity contribution is 5.89. The van der Waals surface area contributed by atoms with Crippen LogP contribution in [0.5, 0.6) is 11.5 Å². The zero-order valence-electron chi connectivity index (χ0n) is 17.3. The average molecular weight is 402 g/mol. The first kappa shape index (κ1) is 20.0. The van der Waals surface area contributed by atoms with Crippen LogP contribution in [-0.2, 0) is 16.1 Å². The van der Waals surface area contributed by atoms with Gasteiger partial charge in [-0.3, -0.25) is 14.5 Å². The third kappa shape index (κ3) is 4.83. The van der Waals surface area contributed by atoms with Crippen LogP contribution < -0.4 is 20.1 Å². The second-order valence-corrected chi connectivity index (χ2v) is 8.44. The van der Waals surface area contributed by atoms with E-state index in [2.05, 4.69) is 15.5 Å². The molecule has 1 heterocycles. The van der Waals surface area contributed by atoms with Gasteiger partial charge in [0.05, 0.1) is 26.7 Å². The quantitative estimate of drug-likeness (QED) is 0.658. The second-order valence-electron chi connectivity index (χ2n) is 8.44. The van der Waals surface area contributed by atoms with Crippen LogP contribution >= 0.6 is 0 Å². The van der Waals surface area contributed by atoms with Crippen LogP contribution in [0.15, 0.2) is 18.2 Å². The number of carbonyl (C=O) groups is 2. The highest BCUT2D eigenvalue weighted by Crippen LogP contribution is 2.44. The van der Waals surface area contributed by atoms with E-state index < -0.39 is 6.04 Å². The molecule has 3 aliphatic rings. The smallest absolute Gasteiger partial charge is 0.237 e. The summed E-state index contributed by atoms with van der Waals surface area (Å²) >= 11 is 0. The fourth-order valence-corrected chi connectivity index (χ4v) is 4.34. The van der Waals surface area contributed by atoms with Crippen LogP contribution in [0.3, 0.4) is 0 Å². The van der Waals surface area contributed by atoms with Gasteiger partial charge in [-0.1, -0.05) is 6.07 Å². The molecule has 1 atom stereocenters. The molecule has 0 aromatic heterocycles. The standard InChI is InChI=1S/C22H31N3O4/c1-28-18-8-3-14(11-19(18)29-2)13-25-10-9-23-22(27)17(25)12-20(26)24-21(15-4-5-15)16-6-7-16/h3,8,11,15-17,21H,4-7,9-10,12-13H2,1-2H3,(H,23,27)(H,24,26)/t17-/m0/s1. The van der Waals surface area contributed by atoms with Gasteiger partial charge >= 0.3 is 0 Å². The Morgan fingerprint density at radius 3 is 2.48 bits per heavy atom. The maximum absolute atomic E-state index is 12.8. The Morgan fingerprint density at radius 2 is 1.86 bits per heavy atom. The first-order valence-corrected chi connectivity index (χ1v) is 10.6. The minimum absolute atomic E-state index is 0.00633. The minimum atomic E-state index is -0.448. The third-order valence-electron chi connectivity index (χ3n) is 6.24. The van der Waals surface area contributed by atoms with Gasteiger partial charge in [0, 0.05) is 25.7 Å². The Hall–Kier alpha value is -2.28. The Morgan fingerprint density at radius 1 is 1.17 bits per heavy atom. The number of benzene rings is 1. The van der Waals surface area contributed by atoms with Gasteiger partial charge in [0.1, 0.15) is 0 Å². The highest BCUT2D eigenvalue weighted by Gasteiger charge is 2.42. The molecule has 1 aliphatic heterocycles. The molecule has 7 nitrogen and oxygen atoms in total. The van der Waals surface area contributed by atoms with Gasteiger partial charge in [0.25, 0.3) is 0 Å². The molecule has 2 aliphatic carbocycles. The number of carbonyl (C=O) groups excluding carboxylic acids is 2. The average Bonchev–Trinajstić information content (AvgIpc) is 3.62. The molecule has 1 aromatic carbocycles. The van der Waals surface area contributed by atoms with Gasteiger partial charge in [-0.25, -0.2) is 0 Å². The number of methoxy groups -OCH3 is 2. The van der Waals surface area contributed by atoms with Crippen LogP contribution in [0.25, 0.3) is 0 Å². The van der Waals surface area contributed by atoms with Gasteiger partial charge in [-0.05, 0) is 55.2 Å². The minimum Gasteiger partial charge on any atom is -0.493 e. The van der Waals surface area contributed by atoms with E-state index in [1.807, 2.05) is 18.2 Å². The molecule has 0 radical (unpaired) electrons. The summed E-state index contributed by atoms with van der Waals surface area (Å²) in [5, 5.41) is 6.16. The van der Waals surface area contributed by atoms with Gasteiger partial charge in [-0.2, -0.15) is 0 Å². The normalized spacial score (nSPS) is 22.3. The van der Waals surface area contributed by atoms with Crippen LogP contribution in [0.4, 0.5) is 0 Å². The lowest BCUT2D eigenvalue weighted by Crippen LogP contribution is -2.56. The molecule has 2 amide bonds. The lowest BCUT2D eigenvalue weighted by Gasteiger charge is -2.35. The van der Waals surface area contributed by atoms with Crippen molar-refractivity contribution in [2.24, 2.45) is 11.8 Å². The predicted octanol–water partition coefficient (Wildman–Crippen LogP) is 1.70.